The van der Waals surface area contributed by atoms with Crippen LogP contribution in [0.25, 0.3) is 0 Å². The van der Waals surface area contributed by atoms with E-state index in [-0.39, 0.29) is 12.8 Å². The Morgan fingerprint density at radius 1 is 1.09 bits per heavy atom. The predicted molar refractivity (Wildman–Crippen MR) is 129 cm³/mol. The van der Waals surface area contributed by atoms with Crippen molar-refractivity contribution in [2.45, 2.75) is 44.3 Å². The molecule has 0 amide bonds. The Labute approximate surface area is 202 Å². The SMILES string of the molecule is N#CCC1CCN(c2nc3c(c(Nc4ccc(N5CCC(F)(F)CC5)cc4)n2)C(O)NN=C3)CC1. The summed E-state index contributed by atoms with van der Waals surface area (Å²) in [7, 11) is 0. The Morgan fingerprint density at radius 3 is 2.49 bits per heavy atom. The van der Waals surface area contributed by atoms with Crippen LogP contribution in [0.2, 0.25) is 0 Å². The number of hydrogen-bond acceptors (Lipinski definition) is 9. The molecule has 0 aliphatic carbocycles. The minimum absolute atomic E-state index is 0.136. The fraction of sp³-hybridized carbons (Fsp3) is 0.500. The molecule has 2 fully saturated rings. The molecule has 35 heavy (non-hydrogen) atoms. The number of anilines is 4. The molecule has 184 valence electrons. The van der Waals surface area contributed by atoms with E-state index in [2.05, 4.69) is 31.8 Å². The summed E-state index contributed by atoms with van der Waals surface area (Å²) in [5.41, 5.74) is 5.32. The molecule has 3 aliphatic heterocycles. The third-order valence-corrected chi connectivity index (χ3v) is 6.89. The summed E-state index contributed by atoms with van der Waals surface area (Å²) in [5.74, 6) is -1.16. The van der Waals surface area contributed by atoms with E-state index in [9.17, 15) is 13.9 Å². The summed E-state index contributed by atoms with van der Waals surface area (Å²) < 4.78 is 27.0. The molecule has 0 saturated carbocycles. The van der Waals surface area contributed by atoms with Gasteiger partial charge in [0.1, 0.15) is 5.82 Å². The lowest BCUT2D eigenvalue weighted by atomic mass is 9.94. The average Bonchev–Trinajstić information content (AvgIpc) is 2.85. The van der Waals surface area contributed by atoms with Gasteiger partial charge in [0.15, 0.2) is 6.23 Å². The van der Waals surface area contributed by atoms with Gasteiger partial charge in [-0.2, -0.15) is 15.3 Å². The van der Waals surface area contributed by atoms with Crippen LogP contribution in [-0.4, -0.2) is 53.4 Å². The van der Waals surface area contributed by atoms with Crippen molar-refractivity contribution >= 4 is 29.4 Å². The number of aliphatic hydroxyl groups is 1. The molecule has 0 bridgehead atoms. The van der Waals surface area contributed by atoms with Gasteiger partial charge in [-0.1, -0.05) is 0 Å². The lowest BCUT2D eigenvalue weighted by Crippen LogP contribution is -2.39. The number of alkyl halides is 2. The normalized spacial score (nSPS) is 21.7. The maximum atomic E-state index is 13.5. The Morgan fingerprint density at radius 2 is 1.80 bits per heavy atom. The van der Waals surface area contributed by atoms with E-state index in [1.807, 2.05) is 29.2 Å². The molecular weight excluding hydrogens is 454 g/mol. The highest BCUT2D eigenvalue weighted by atomic mass is 19.3. The van der Waals surface area contributed by atoms with Crippen LogP contribution in [0.4, 0.5) is 31.9 Å². The van der Waals surface area contributed by atoms with Crippen LogP contribution in [0.15, 0.2) is 29.4 Å². The molecule has 3 aliphatic rings. The summed E-state index contributed by atoms with van der Waals surface area (Å²) in [4.78, 5) is 13.4. The number of hydrazone groups is 1. The molecule has 2 saturated heterocycles. The molecule has 2 aromatic rings. The van der Waals surface area contributed by atoms with E-state index in [1.54, 1.807) is 6.21 Å². The molecule has 4 heterocycles. The van der Waals surface area contributed by atoms with Gasteiger partial charge in [0, 0.05) is 56.8 Å². The topological polar surface area (TPSA) is 113 Å². The Balaban J connectivity index is 1.36. The molecule has 9 nitrogen and oxygen atoms in total. The highest BCUT2D eigenvalue weighted by molar-refractivity contribution is 5.84. The first-order valence-corrected chi connectivity index (χ1v) is 11.9. The maximum absolute atomic E-state index is 13.5. The molecule has 1 atom stereocenters. The monoisotopic (exact) mass is 482 g/mol. The number of nitrogens with zero attached hydrogens (tertiary/aromatic N) is 6. The maximum Gasteiger partial charge on any atom is 0.251 e. The standard InChI is InChI=1S/C24H28F2N8O/c25-24(26)8-13-33(14-9-24)18-3-1-17(2-4-18)29-21-20-19(15-28-32-22(20)35)30-23(31-21)34-11-6-16(5-10-27)7-12-34/h1-4,15-16,22,32,35H,5-9,11-14H2,(H,29,30,31). The van der Waals surface area contributed by atoms with Crippen LogP contribution in [0.3, 0.4) is 0 Å². The lowest BCUT2D eigenvalue weighted by Gasteiger charge is -2.33. The number of rotatable bonds is 5. The molecule has 1 unspecified atom stereocenters. The molecule has 0 spiro atoms. The third-order valence-electron chi connectivity index (χ3n) is 6.89. The molecule has 1 aromatic carbocycles. The summed E-state index contributed by atoms with van der Waals surface area (Å²) >= 11 is 0. The first kappa shape index (κ1) is 23.2. The minimum atomic E-state index is -2.58. The van der Waals surface area contributed by atoms with Crippen molar-refractivity contribution in [2.75, 3.05) is 41.3 Å². The second-order valence-corrected chi connectivity index (χ2v) is 9.27. The Kier molecular flexibility index (Phi) is 6.38. The number of halogens is 2. The quantitative estimate of drug-likeness (QED) is 0.594. The van der Waals surface area contributed by atoms with Gasteiger partial charge < -0.3 is 20.2 Å². The largest absolute Gasteiger partial charge is 0.371 e. The Hall–Kier alpha value is -3.52. The van der Waals surface area contributed by atoms with Crippen LogP contribution in [-0.2, 0) is 0 Å². The zero-order chi connectivity index (χ0) is 24.4. The van der Waals surface area contributed by atoms with Gasteiger partial charge in [-0.25, -0.2) is 13.8 Å². The van der Waals surface area contributed by atoms with E-state index >= 15 is 0 Å². The smallest absolute Gasteiger partial charge is 0.251 e. The highest BCUT2D eigenvalue weighted by Gasteiger charge is 2.34. The average molecular weight is 483 g/mol. The third kappa shape index (κ3) is 5.12. The molecular formula is C24H28F2N8O. The van der Waals surface area contributed by atoms with Crippen molar-refractivity contribution in [3.05, 3.63) is 35.5 Å². The molecule has 3 N–H and O–H groups in total. The van der Waals surface area contributed by atoms with Crippen molar-refractivity contribution in [1.29, 1.82) is 5.26 Å². The zero-order valence-electron chi connectivity index (χ0n) is 19.3. The molecule has 5 rings (SSSR count). The first-order valence-electron chi connectivity index (χ1n) is 11.9. The summed E-state index contributed by atoms with van der Waals surface area (Å²) in [6.45, 7) is 2.16. The van der Waals surface area contributed by atoms with E-state index < -0.39 is 12.2 Å². The van der Waals surface area contributed by atoms with Crippen molar-refractivity contribution in [2.24, 2.45) is 11.0 Å². The van der Waals surface area contributed by atoms with Gasteiger partial charge in [0.05, 0.1) is 23.5 Å². The molecule has 0 radical (unpaired) electrons. The second kappa shape index (κ2) is 9.62. The van der Waals surface area contributed by atoms with Crippen molar-refractivity contribution in [3.8, 4) is 6.07 Å². The zero-order valence-corrected chi connectivity index (χ0v) is 19.3. The Bertz CT molecular complexity index is 1120. The van der Waals surface area contributed by atoms with Gasteiger partial charge in [0.25, 0.3) is 5.92 Å². The number of aliphatic hydroxyl groups excluding tert-OH is 1. The first-order chi connectivity index (χ1) is 16.9. The number of nitrogens with one attached hydrogen (secondary N) is 2. The number of nitriles is 1. The highest BCUT2D eigenvalue weighted by Crippen LogP contribution is 2.33. The fourth-order valence-corrected chi connectivity index (χ4v) is 4.76. The second-order valence-electron chi connectivity index (χ2n) is 9.27. The number of benzene rings is 1. The number of fused-ring (bicyclic) bond motifs is 1. The van der Waals surface area contributed by atoms with Gasteiger partial charge in [-0.05, 0) is 43.0 Å². The minimum Gasteiger partial charge on any atom is -0.371 e. The van der Waals surface area contributed by atoms with Crippen molar-refractivity contribution in [1.82, 2.24) is 15.4 Å². The summed E-state index contributed by atoms with van der Waals surface area (Å²) in [5, 5.41) is 26.8. The van der Waals surface area contributed by atoms with Crippen LogP contribution in [0, 0.1) is 17.2 Å². The van der Waals surface area contributed by atoms with Gasteiger partial charge >= 0.3 is 0 Å². The van der Waals surface area contributed by atoms with Crippen LogP contribution < -0.4 is 20.5 Å². The summed E-state index contributed by atoms with van der Waals surface area (Å²) in [6.07, 6.45) is 2.61. The molecule has 11 heteroatoms. The summed E-state index contributed by atoms with van der Waals surface area (Å²) in [6, 6.07) is 9.80. The van der Waals surface area contributed by atoms with Gasteiger partial charge in [-0.3, -0.25) is 5.43 Å². The van der Waals surface area contributed by atoms with E-state index in [0.717, 1.165) is 37.3 Å². The number of piperidine rings is 2. The predicted octanol–water partition coefficient (Wildman–Crippen LogP) is 3.51. The number of aromatic nitrogens is 2. The van der Waals surface area contributed by atoms with Crippen molar-refractivity contribution in [3.63, 3.8) is 0 Å². The van der Waals surface area contributed by atoms with Crippen LogP contribution in [0.5, 0.6) is 0 Å². The van der Waals surface area contributed by atoms with E-state index in [1.165, 1.54) is 0 Å². The van der Waals surface area contributed by atoms with E-state index in [0.29, 0.717) is 48.5 Å². The van der Waals surface area contributed by atoms with Crippen LogP contribution in [0.1, 0.15) is 49.6 Å². The van der Waals surface area contributed by atoms with Gasteiger partial charge in [-0.15, -0.1) is 0 Å². The fourth-order valence-electron chi connectivity index (χ4n) is 4.76. The van der Waals surface area contributed by atoms with Crippen molar-refractivity contribution < 1.29 is 13.9 Å². The van der Waals surface area contributed by atoms with Crippen LogP contribution >= 0.6 is 0 Å². The number of hydrogen-bond donors (Lipinski definition) is 3. The lowest BCUT2D eigenvalue weighted by molar-refractivity contribution is -0.0220. The van der Waals surface area contributed by atoms with E-state index in [4.69, 9.17) is 10.2 Å². The van der Waals surface area contributed by atoms with Gasteiger partial charge in [0.2, 0.25) is 5.95 Å². The molecule has 1 aromatic heterocycles.